The summed E-state index contributed by atoms with van der Waals surface area (Å²) in [5.74, 6) is -1.87. The molecule has 1 aromatic rings. The number of benzene rings is 1. The highest BCUT2D eigenvalue weighted by atomic mass is 19.1. The molecule has 2 heterocycles. The molecule has 0 aromatic heterocycles. The molecule has 3 rings (SSSR count). The van der Waals surface area contributed by atoms with E-state index in [2.05, 4.69) is 35.6 Å². The number of hydrogen-bond donors (Lipinski definition) is 2. The van der Waals surface area contributed by atoms with Crippen LogP contribution in [0.2, 0.25) is 0 Å². The zero-order chi connectivity index (χ0) is 22.7. The standard InChI is InChI=1S/C24H28F2N4O/c1-15(2)16(3)12-30-14-19(10-22(25)18(30)5)28-24(31)21-7-6-20(11-23(21)26)29-9-8-27-17(4)13-29/h6-7,10-12,14,17,27H,1,5,8-9,13H2,2-4H3,(H,28,31)/b16-12-/t17-/m0/s1. The number of hydrogen-bond acceptors (Lipinski definition) is 4. The third-order valence-electron chi connectivity index (χ3n) is 5.34. The van der Waals surface area contributed by atoms with Gasteiger partial charge in [-0.25, -0.2) is 8.78 Å². The Morgan fingerprint density at radius 2 is 2.06 bits per heavy atom. The maximum absolute atomic E-state index is 14.7. The number of rotatable bonds is 5. The van der Waals surface area contributed by atoms with Crippen molar-refractivity contribution in [2.75, 3.05) is 24.5 Å². The fourth-order valence-electron chi connectivity index (χ4n) is 3.36. The third-order valence-corrected chi connectivity index (χ3v) is 5.34. The molecule has 0 saturated carbocycles. The lowest BCUT2D eigenvalue weighted by Gasteiger charge is -2.33. The minimum atomic E-state index is -0.652. The van der Waals surface area contributed by atoms with Gasteiger partial charge in [-0.05, 0) is 44.5 Å². The molecule has 2 N–H and O–H groups in total. The van der Waals surface area contributed by atoms with Crippen LogP contribution in [0.4, 0.5) is 14.5 Å². The van der Waals surface area contributed by atoms with E-state index in [9.17, 15) is 13.6 Å². The van der Waals surface area contributed by atoms with E-state index in [4.69, 9.17) is 0 Å². The summed E-state index contributed by atoms with van der Waals surface area (Å²) in [5.41, 5.74) is 2.61. The monoisotopic (exact) mass is 426 g/mol. The number of halogens is 2. The molecule has 1 aromatic carbocycles. The number of carbonyl (C=O) groups excluding carboxylic acids is 1. The summed E-state index contributed by atoms with van der Waals surface area (Å²) >= 11 is 0. The Kier molecular flexibility index (Phi) is 6.75. The van der Waals surface area contributed by atoms with Crippen molar-refractivity contribution in [2.45, 2.75) is 26.8 Å². The van der Waals surface area contributed by atoms with Crippen LogP contribution in [0.5, 0.6) is 0 Å². The SMILES string of the molecule is C=C(C)/C(C)=C\N1C=C(NC(=O)c2ccc(N3CCN[C@@H](C)C3)cc2F)C=C(F)C1=C. The van der Waals surface area contributed by atoms with Crippen LogP contribution in [-0.4, -0.2) is 36.5 Å². The lowest BCUT2D eigenvalue weighted by Crippen LogP contribution is -2.49. The number of amides is 1. The number of nitrogens with one attached hydrogen (secondary N) is 2. The second-order valence-electron chi connectivity index (χ2n) is 7.94. The number of allylic oxidation sites excluding steroid dienone is 4. The van der Waals surface area contributed by atoms with Gasteiger partial charge in [-0.2, -0.15) is 0 Å². The average Bonchev–Trinajstić information content (AvgIpc) is 2.71. The van der Waals surface area contributed by atoms with Gasteiger partial charge in [0.2, 0.25) is 0 Å². The second-order valence-corrected chi connectivity index (χ2v) is 7.94. The van der Waals surface area contributed by atoms with E-state index >= 15 is 0 Å². The first-order valence-corrected chi connectivity index (χ1v) is 10.2. The van der Waals surface area contributed by atoms with Crippen molar-refractivity contribution in [2.24, 2.45) is 0 Å². The van der Waals surface area contributed by atoms with Gasteiger partial charge in [0.05, 0.1) is 17.0 Å². The summed E-state index contributed by atoms with van der Waals surface area (Å²) in [6.45, 7) is 15.7. The molecule has 0 bridgehead atoms. The first-order valence-electron chi connectivity index (χ1n) is 10.2. The molecule has 0 aliphatic carbocycles. The Bertz CT molecular complexity index is 1010. The van der Waals surface area contributed by atoms with Gasteiger partial charge in [0, 0.05) is 49.8 Å². The molecule has 1 saturated heterocycles. The van der Waals surface area contributed by atoms with Crippen molar-refractivity contribution in [1.82, 2.24) is 15.5 Å². The van der Waals surface area contributed by atoms with Gasteiger partial charge >= 0.3 is 0 Å². The molecule has 1 amide bonds. The first kappa shape index (κ1) is 22.5. The first-order chi connectivity index (χ1) is 14.7. The van der Waals surface area contributed by atoms with E-state index < -0.39 is 17.6 Å². The maximum Gasteiger partial charge on any atom is 0.258 e. The van der Waals surface area contributed by atoms with E-state index in [1.165, 1.54) is 23.2 Å². The smallest absolute Gasteiger partial charge is 0.258 e. The molecule has 0 spiro atoms. The van der Waals surface area contributed by atoms with Crippen molar-refractivity contribution in [3.8, 4) is 0 Å². The van der Waals surface area contributed by atoms with Crippen molar-refractivity contribution < 1.29 is 13.6 Å². The minimum absolute atomic E-state index is 0.105. The van der Waals surface area contributed by atoms with Crippen molar-refractivity contribution in [3.05, 3.63) is 89.6 Å². The predicted octanol–water partition coefficient (Wildman–Crippen LogP) is 4.36. The van der Waals surface area contributed by atoms with Crippen LogP contribution in [0.1, 0.15) is 31.1 Å². The largest absolute Gasteiger partial charge is 0.369 e. The molecule has 0 radical (unpaired) electrons. The highest BCUT2D eigenvalue weighted by Crippen LogP contribution is 2.25. The van der Waals surface area contributed by atoms with E-state index in [0.717, 1.165) is 42.5 Å². The molecular weight excluding hydrogens is 398 g/mol. The summed E-state index contributed by atoms with van der Waals surface area (Å²) < 4.78 is 29.1. The summed E-state index contributed by atoms with van der Waals surface area (Å²) in [5, 5.41) is 5.91. The molecule has 164 valence electrons. The van der Waals surface area contributed by atoms with Crippen LogP contribution >= 0.6 is 0 Å². The topological polar surface area (TPSA) is 47.6 Å². The quantitative estimate of drug-likeness (QED) is 0.687. The zero-order valence-corrected chi connectivity index (χ0v) is 18.1. The number of nitrogens with zero attached hydrogens (tertiary/aromatic N) is 2. The third kappa shape index (κ3) is 5.30. The Balaban J connectivity index is 1.78. The number of anilines is 1. The summed E-state index contributed by atoms with van der Waals surface area (Å²) in [4.78, 5) is 16.2. The van der Waals surface area contributed by atoms with Gasteiger partial charge in [0.15, 0.2) is 0 Å². The highest BCUT2D eigenvalue weighted by molar-refractivity contribution is 5.96. The van der Waals surface area contributed by atoms with Gasteiger partial charge in [0.25, 0.3) is 5.91 Å². The fourth-order valence-corrected chi connectivity index (χ4v) is 3.36. The Morgan fingerprint density at radius 1 is 1.32 bits per heavy atom. The van der Waals surface area contributed by atoms with Gasteiger partial charge in [-0.15, -0.1) is 0 Å². The second kappa shape index (κ2) is 9.31. The van der Waals surface area contributed by atoms with Gasteiger partial charge < -0.3 is 20.4 Å². The summed E-state index contributed by atoms with van der Waals surface area (Å²) in [6.07, 6.45) is 4.37. The number of piperazine rings is 1. The highest BCUT2D eigenvalue weighted by Gasteiger charge is 2.21. The average molecular weight is 427 g/mol. The summed E-state index contributed by atoms with van der Waals surface area (Å²) in [7, 11) is 0. The molecule has 7 heteroatoms. The molecule has 31 heavy (non-hydrogen) atoms. The Labute approximate surface area is 182 Å². The molecule has 2 aliphatic heterocycles. The minimum Gasteiger partial charge on any atom is -0.369 e. The van der Waals surface area contributed by atoms with E-state index in [1.54, 1.807) is 12.3 Å². The van der Waals surface area contributed by atoms with Crippen LogP contribution in [0.3, 0.4) is 0 Å². The molecule has 0 unspecified atom stereocenters. The van der Waals surface area contributed by atoms with E-state index in [1.807, 2.05) is 13.8 Å². The summed E-state index contributed by atoms with van der Waals surface area (Å²) in [6, 6.07) is 4.86. The van der Waals surface area contributed by atoms with Crippen LogP contribution in [-0.2, 0) is 0 Å². The van der Waals surface area contributed by atoms with E-state index in [-0.39, 0.29) is 17.0 Å². The fraction of sp³-hybridized carbons (Fsp3) is 0.292. The van der Waals surface area contributed by atoms with Crippen molar-refractivity contribution in [1.29, 1.82) is 0 Å². The van der Waals surface area contributed by atoms with Crippen molar-refractivity contribution >= 4 is 11.6 Å². The molecule has 1 atom stereocenters. The number of carbonyl (C=O) groups is 1. The van der Waals surface area contributed by atoms with E-state index in [0.29, 0.717) is 6.04 Å². The lowest BCUT2D eigenvalue weighted by atomic mass is 10.1. The van der Waals surface area contributed by atoms with Gasteiger partial charge in [-0.1, -0.05) is 18.7 Å². The zero-order valence-electron chi connectivity index (χ0n) is 18.1. The normalized spacial score (nSPS) is 19.7. The van der Waals surface area contributed by atoms with Crippen LogP contribution in [0.15, 0.2) is 78.2 Å². The van der Waals surface area contributed by atoms with Gasteiger partial charge in [-0.3, -0.25) is 4.79 Å². The van der Waals surface area contributed by atoms with Crippen LogP contribution in [0.25, 0.3) is 0 Å². The van der Waals surface area contributed by atoms with Crippen LogP contribution < -0.4 is 15.5 Å². The Morgan fingerprint density at radius 3 is 2.71 bits per heavy atom. The molecule has 5 nitrogen and oxygen atoms in total. The molecular formula is C24H28F2N4O. The Hall–Kier alpha value is -3.19. The van der Waals surface area contributed by atoms with Crippen LogP contribution in [0, 0.1) is 5.82 Å². The maximum atomic E-state index is 14.7. The lowest BCUT2D eigenvalue weighted by molar-refractivity contribution is 0.0962. The predicted molar refractivity (Wildman–Crippen MR) is 120 cm³/mol. The van der Waals surface area contributed by atoms with Gasteiger partial charge in [0.1, 0.15) is 11.6 Å². The van der Waals surface area contributed by atoms with Crippen molar-refractivity contribution in [3.63, 3.8) is 0 Å². The molecule has 2 aliphatic rings. The molecule has 1 fully saturated rings.